The molecule has 0 radical (unpaired) electrons. The van der Waals surface area contributed by atoms with E-state index in [9.17, 15) is 4.79 Å². The van der Waals surface area contributed by atoms with Gasteiger partial charge in [0.05, 0.1) is 12.3 Å². The van der Waals surface area contributed by atoms with E-state index in [0.717, 1.165) is 11.1 Å². The highest BCUT2D eigenvalue weighted by Crippen LogP contribution is 2.29. The first-order valence-corrected chi connectivity index (χ1v) is 8.08. The fourth-order valence-corrected chi connectivity index (χ4v) is 2.55. The predicted molar refractivity (Wildman–Crippen MR) is 96.0 cm³/mol. The fraction of sp³-hybridized carbons (Fsp3) is 0.421. The average molecular weight is 327 g/mol. The topological polar surface area (TPSA) is 78.1 Å². The molecule has 0 aliphatic carbocycles. The minimum absolute atomic E-state index is 0.0762. The van der Waals surface area contributed by atoms with Crippen LogP contribution < -0.4 is 5.73 Å². The summed E-state index contributed by atoms with van der Waals surface area (Å²) in [6.07, 6.45) is 0. The molecule has 0 saturated carbocycles. The Kier molecular flexibility index (Phi) is 4.92. The molecule has 1 aromatic heterocycles. The molecule has 1 aromatic carbocycles. The molecule has 0 unspecified atom stereocenters. The van der Waals surface area contributed by atoms with Gasteiger partial charge in [0.15, 0.2) is 5.82 Å². The van der Waals surface area contributed by atoms with E-state index in [-0.39, 0.29) is 23.4 Å². The second-order valence-electron chi connectivity index (χ2n) is 6.89. The van der Waals surface area contributed by atoms with Crippen molar-refractivity contribution in [2.75, 3.05) is 12.3 Å². The molecule has 2 N–H and O–H groups in total. The number of hydrogen-bond donors (Lipinski definition) is 1. The second-order valence-corrected chi connectivity index (χ2v) is 6.89. The van der Waals surface area contributed by atoms with Crippen molar-refractivity contribution in [3.8, 4) is 11.4 Å². The third-order valence-electron chi connectivity index (χ3n) is 3.93. The lowest BCUT2D eigenvalue weighted by Gasteiger charge is -2.20. The zero-order chi connectivity index (χ0) is 18.1. The first-order chi connectivity index (χ1) is 11.1. The molecule has 0 spiro atoms. The van der Waals surface area contributed by atoms with E-state index >= 15 is 0 Å². The fourth-order valence-electron chi connectivity index (χ4n) is 2.55. The lowest BCUT2D eigenvalue weighted by Crippen LogP contribution is -2.14. The van der Waals surface area contributed by atoms with E-state index in [4.69, 9.17) is 10.5 Å². The molecule has 0 atom stereocenters. The van der Waals surface area contributed by atoms with Crippen LogP contribution in [0.4, 0.5) is 5.82 Å². The van der Waals surface area contributed by atoms with Gasteiger partial charge in [-0.05, 0) is 37.3 Å². The first-order valence-electron chi connectivity index (χ1n) is 8.08. The number of nitrogens with two attached hydrogens (primary N) is 1. The number of carbonyl (C=O) groups is 1. The Morgan fingerprint density at radius 2 is 1.88 bits per heavy atom. The van der Waals surface area contributed by atoms with Gasteiger partial charge in [-0.25, -0.2) is 14.8 Å². The summed E-state index contributed by atoms with van der Waals surface area (Å²) in [4.78, 5) is 20.8. The monoisotopic (exact) mass is 327 g/mol. The van der Waals surface area contributed by atoms with Gasteiger partial charge in [-0.15, -0.1) is 0 Å². The van der Waals surface area contributed by atoms with Crippen LogP contribution in [0.3, 0.4) is 0 Å². The average Bonchev–Trinajstić information content (AvgIpc) is 2.45. The van der Waals surface area contributed by atoms with Crippen LogP contribution in [-0.4, -0.2) is 22.5 Å². The minimum atomic E-state index is -0.487. The highest BCUT2D eigenvalue weighted by molar-refractivity contribution is 5.95. The molecule has 24 heavy (non-hydrogen) atoms. The van der Waals surface area contributed by atoms with Gasteiger partial charge in [0.1, 0.15) is 11.4 Å². The molecule has 2 aromatic rings. The smallest absolute Gasteiger partial charge is 0.343 e. The molecular formula is C19H25N3O2. The third kappa shape index (κ3) is 3.55. The molecule has 1 heterocycles. The molecule has 0 aliphatic rings. The van der Waals surface area contributed by atoms with Gasteiger partial charge in [0.25, 0.3) is 0 Å². The largest absolute Gasteiger partial charge is 0.462 e. The summed E-state index contributed by atoms with van der Waals surface area (Å²) in [6, 6.07) is 6.23. The highest BCUT2D eigenvalue weighted by atomic mass is 16.5. The van der Waals surface area contributed by atoms with Crippen molar-refractivity contribution in [1.82, 2.24) is 9.97 Å². The molecule has 5 nitrogen and oxygen atoms in total. The van der Waals surface area contributed by atoms with Crippen LogP contribution in [0.25, 0.3) is 11.4 Å². The number of benzene rings is 1. The van der Waals surface area contributed by atoms with Crippen LogP contribution >= 0.6 is 0 Å². The minimum Gasteiger partial charge on any atom is -0.462 e. The lowest BCUT2D eigenvalue weighted by molar-refractivity contribution is 0.0526. The number of nitrogens with zero attached hydrogens (tertiary/aromatic N) is 2. The molecule has 0 aliphatic heterocycles. The number of anilines is 1. The maximum absolute atomic E-state index is 12.0. The van der Waals surface area contributed by atoms with Crippen molar-refractivity contribution in [3.63, 3.8) is 0 Å². The first kappa shape index (κ1) is 17.9. The Balaban J connectivity index is 2.49. The van der Waals surface area contributed by atoms with E-state index < -0.39 is 5.97 Å². The van der Waals surface area contributed by atoms with Gasteiger partial charge >= 0.3 is 5.97 Å². The molecular weight excluding hydrogens is 302 g/mol. The normalized spacial score (nSPS) is 11.4. The number of carbonyl (C=O) groups excluding carboxylic acids is 1. The number of ether oxygens (including phenoxy) is 1. The summed E-state index contributed by atoms with van der Waals surface area (Å²) in [5.41, 5.74) is 10.1. The van der Waals surface area contributed by atoms with Gasteiger partial charge < -0.3 is 10.5 Å². The zero-order valence-corrected chi connectivity index (χ0v) is 15.2. The Morgan fingerprint density at radius 1 is 1.21 bits per heavy atom. The van der Waals surface area contributed by atoms with Gasteiger partial charge in [-0.1, -0.05) is 39.0 Å². The number of rotatable bonds is 3. The number of nitrogen functional groups attached to an aromatic ring is 1. The van der Waals surface area contributed by atoms with Crippen molar-refractivity contribution in [2.45, 2.75) is 47.0 Å². The van der Waals surface area contributed by atoms with E-state index in [2.05, 4.69) is 42.9 Å². The van der Waals surface area contributed by atoms with Crippen LogP contribution in [-0.2, 0) is 10.2 Å². The quantitative estimate of drug-likeness (QED) is 0.867. The van der Waals surface area contributed by atoms with Crippen molar-refractivity contribution < 1.29 is 9.53 Å². The second kappa shape index (κ2) is 6.59. The Labute approximate surface area is 143 Å². The maximum Gasteiger partial charge on any atom is 0.343 e. The summed E-state index contributed by atoms with van der Waals surface area (Å²) < 4.78 is 5.01. The number of aryl methyl sites for hydroxylation is 2. The van der Waals surface area contributed by atoms with Gasteiger partial charge in [-0.3, -0.25) is 0 Å². The molecule has 2 rings (SSSR count). The van der Waals surface area contributed by atoms with Crippen molar-refractivity contribution in [2.24, 2.45) is 0 Å². The van der Waals surface area contributed by atoms with Gasteiger partial charge in [-0.2, -0.15) is 0 Å². The zero-order valence-electron chi connectivity index (χ0n) is 15.2. The summed E-state index contributed by atoms with van der Waals surface area (Å²) >= 11 is 0. The predicted octanol–water partition coefficient (Wildman–Crippen LogP) is 3.82. The van der Waals surface area contributed by atoms with E-state index in [1.807, 2.05) is 13.0 Å². The molecule has 5 heteroatoms. The standard InChI is InChI=1S/C19H25N3O2/c1-7-24-18(23)15-12(3)21-17(22-16(15)20)14-9-8-13(10-11(14)2)19(4,5)6/h8-10H,7H2,1-6H3,(H2,20,21,22). The SMILES string of the molecule is CCOC(=O)c1c(C)nc(-c2ccc(C(C)(C)C)cc2C)nc1N. The van der Waals surface area contributed by atoms with Crippen LogP contribution in [0, 0.1) is 13.8 Å². The lowest BCUT2D eigenvalue weighted by atomic mass is 9.85. The summed E-state index contributed by atoms with van der Waals surface area (Å²) in [6.45, 7) is 12.3. The highest BCUT2D eigenvalue weighted by Gasteiger charge is 2.20. The van der Waals surface area contributed by atoms with Gasteiger partial charge in [0.2, 0.25) is 0 Å². The molecule has 0 bridgehead atoms. The summed E-state index contributed by atoms with van der Waals surface area (Å²) in [5.74, 6) is 0.185. The van der Waals surface area contributed by atoms with Crippen molar-refractivity contribution in [1.29, 1.82) is 0 Å². The van der Waals surface area contributed by atoms with Crippen molar-refractivity contribution >= 4 is 11.8 Å². The third-order valence-corrected chi connectivity index (χ3v) is 3.93. The number of esters is 1. The summed E-state index contributed by atoms with van der Waals surface area (Å²) in [5, 5.41) is 0. The molecule has 0 amide bonds. The van der Waals surface area contributed by atoms with E-state index in [1.54, 1.807) is 13.8 Å². The molecule has 128 valence electrons. The van der Waals surface area contributed by atoms with Crippen molar-refractivity contribution in [3.05, 3.63) is 40.6 Å². The van der Waals surface area contributed by atoms with Crippen LogP contribution in [0.2, 0.25) is 0 Å². The summed E-state index contributed by atoms with van der Waals surface area (Å²) in [7, 11) is 0. The maximum atomic E-state index is 12.0. The van der Waals surface area contributed by atoms with E-state index in [1.165, 1.54) is 5.56 Å². The van der Waals surface area contributed by atoms with Crippen LogP contribution in [0.15, 0.2) is 18.2 Å². The molecule has 0 fully saturated rings. The van der Waals surface area contributed by atoms with Crippen LogP contribution in [0.1, 0.15) is 54.9 Å². The number of aromatic nitrogens is 2. The Morgan fingerprint density at radius 3 is 2.38 bits per heavy atom. The Bertz CT molecular complexity index is 754. The Hall–Kier alpha value is -2.43. The number of hydrogen-bond acceptors (Lipinski definition) is 5. The van der Waals surface area contributed by atoms with Crippen LogP contribution in [0.5, 0.6) is 0 Å². The van der Waals surface area contributed by atoms with E-state index in [0.29, 0.717) is 11.5 Å². The molecule has 0 saturated heterocycles. The van der Waals surface area contributed by atoms with Gasteiger partial charge in [0, 0.05) is 5.56 Å².